The van der Waals surface area contributed by atoms with Crippen molar-refractivity contribution < 1.29 is 22.7 Å². The third kappa shape index (κ3) is 5.15. The van der Waals surface area contributed by atoms with Crippen LogP contribution in [0.3, 0.4) is 0 Å². The molecule has 2 rings (SSSR count). The van der Waals surface area contributed by atoms with Gasteiger partial charge in [0, 0.05) is 10.0 Å². The molecule has 0 radical (unpaired) electrons. The van der Waals surface area contributed by atoms with Crippen molar-refractivity contribution in [1.82, 2.24) is 9.78 Å². The first-order chi connectivity index (χ1) is 10.3. The predicted molar refractivity (Wildman–Crippen MR) is 76.3 cm³/mol. The Morgan fingerprint density at radius 2 is 2.18 bits per heavy atom. The molecular weight excluding hydrogens is 367 g/mol. The van der Waals surface area contributed by atoms with Crippen LogP contribution in [0.15, 0.2) is 41.1 Å². The Balaban J connectivity index is 1.90. The van der Waals surface area contributed by atoms with E-state index in [0.29, 0.717) is 11.3 Å². The summed E-state index contributed by atoms with van der Waals surface area (Å²) in [5.41, 5.74) is 0.802. The van der Waals surface area contributed by atoms with E-state index in [-0.39, 0.29) is 12.6 Å². The van der Waals surface area contributed by atoms with Crippen LogP contribution < -0.4 is 5.32 Å². The molecule has 1 aromatic carbocycles. The van der Waals surface area contributed by atoms with Gasteiger partial charge in [0.25, 0.3) is 5.91 Å². The summed E-state index contributed by atoms with van der Waals surface area (Å²) in [4.78, 5) is 12.0. The van der Waals surface area contributed by atoms with E-state index in [4.69, 9.17) is 0 Å². The van der Waals surface area contributed by atoms with E-state index < -0.39 is 12.8 Å². The topological polar surface area (TPSA) is 56.2 Å². The monoisotopic (exact) mass is 377 g/mol. The molecule has 0 aliphatic heterocycles. The number of hydrogen-bond donors (Lipinski definition) is 1. The highest BCUT2D eigenvalue weighted by Gasteiger charge is 2.27. The number of amides is 1. The molecule has 0 aliphatic rings. The van der Waals surface area contributed by atoms with Gasteiger partial charge in [0.2, 0.25) is 0 Å². The lowest BCUT2D eigenvalue weighted by molar-refractivity contribution is -0.182. The van der Waals surface area contributed by atoms with Crippen molar-refractivity contribution in [2.45, 2.75) is 12.9 Å². The van der Waals surface area contributed by atoms with E-state index in [1.165, 1.54) is 12.4 Å². The summed E-state index contributed by atoms with van der Waals surface area (Å²) in [5, 5.41) is 6.39. The van der Waals surface area contributed by atoms with E-state index in [0.717, 1.165) is 9.15 Å². The van der Waals surface area contributed by atoms with E-state index in [9.17, 15) is 18.0 Å². The maximum Gasteiger partial charge on any atom is 0.411 e. The predicted octanol–water partition coefficient (Wildman–Crippen LogP) is 3.43. The maximum atomic E-state index is 12.0. The van der Waals surface area contributed by atoms with E-state index in [2.05, 4.69) is 31.1 Å². The van der Waals surface area contributed by atoms with Gasteiger partial charge in [-0.05, 0) is 18.2 Å². The largest absolute Gasteiger partial charge is 0.411 e. The molecule has 0 saturated carbocycles. The molecule has 1 amide bonds. The van der Waals surface area contributed by atoms with Crippen molar-refractivity contribution in [3.05, 3.63) is 46.7 Å². The number of alkyl halides is 3. The number of rotatable bonds is 5. The van der Waals surface area contributed by atoms with Crippen LogP contribution in [0, 0.1) is 0 Å². The molecule has 5 nitrogen and oxygen atoms in total. The summed E-state index contributed by atoms with van der Waals surface area (Å²) in [7, 11) is 0. The molecule has 0 aliphatic carbocycles. The normalized spacial score (nSPS) is 11.5. The fourth-order valence-corrected chi connectivity index (χ4v) is 1.99. The van der Waals surface area contributed by atoms with Crippen LogP contribution in [0.4, 0.5) is 18.9 Å². The Morgan fingerprint density at radius 3 is 2.86 bits per heavy atom. The molecule has 2 aromatic rings. The summed E-state index contributed by atoms with van der Waals surface area (Å²) in [6.07, 6.45) is -1.68. The zero-order valence-electron chi connectivity index (χ0n) is 11.1. The molecule has 0 atom stereocenters. The number of halogens is 4. The molecule has 1 aromatic heterocycles. The van der Waals surface area contributed by atoms with Gasteiger partial charge in [-0.1, -0.05) is 22.0 Å². The van der Waals surface area contributed by atoms with Gasteiger partial charge in [0.05, 0.1) is 18.1 Å². The molecule has 0 unspecified atom stereocenters. The second-order valence-corrected chi connectivity index (χ2v) is 5.24. The van der Waals surface area contributed by atoms with Gasteiger partial charge in [-0.3, -0.25) is 4.79 Å². The van der Waals surface area contributed by atoms with Gasteiger partial charge in [-0.15, -0.1) is 0 Å². The van der Waals surface area contributed by atoms with Crippen molar-refractivity contribution in [3.63, 3.8) is 0 Å². The second-order valence-electron chi connectivity index (χ2n) is 4.33. The zero-order chi connectivity index (χ0) is 16.2. The van der Waals surface area contributed by atoms with Crippen molar-refractivity contribution in [3.8, 4) is 0 Å². The molecule has 22 heavy (non-hydrogen) atoms. The fraction of sp³-hybridized carbons (Fsp3) is 0.231. The maximum absolute atomic E-state index is 12.0. The molecule has 0 fully saturated rings. The minimum absolute atomic E-state index is 0.350. The number of nitrogens with one attached hydrogen (secondary N) is 1. The molecular formula is C13H11BrF3N3O2. The molecule has 0 spiro atoms. The highest BCUT2D eigenvalue weighted by atomic mass is 79.9. The molecule has 118 valence electrons. The second kappa shape index (κ2) is 6.93. The first-order valence-corrected chi connectivity index (χ1v) is 6.87. The molecule has 1 N–H and O–H groups in total. The van der Waals surface area contributed by atoms with Crippen LogP contribution in [0.2, 0.25) is 0 Å². The molecule has 0 saturated heterocycles. The van der Waals surface area contributed by atoms with Crippen molar-refractivity contribution >= 4 is 27.5 Å². The third-order valence-electron chi connectivity index (χ3n) is 2.47. The number of carbonyl (C=O) groups excluding carboxylic acids is 1. The van der Waals surface area contributed by atoms with Crippen molar-refractivity contribution in [2.75, 3.05) is 11.9 Å². The first-order valence-electron chi connectivity index (χ1n) is 6.07. The van der Waals surface area contributed by atoms with Crippen LogP contribution in [0.25, 0.3) is 0 Å². The Labute approximate surface area is 132 Å². The van der Waals surface area contributed by atoms with Gasteiger partial charge in [0.1, 0.15) is 13.3 Å². The van der Waals surface area contributed by atoms with Crippen LogP contribution in [0.1, 0.15) is 10.4 Å². The standard InChI is InChI=1S/C13H11BrF3N3O2/c14-10-3-1-2-9(4-10)12(21)19-11-5-18-20(6-11)8-22-7-13(15,16)17/h1-6H,7-8H2,(H,19,21). The average Bonchev–Trinajstić information content (AvgIpc) is 2.85. The Bertz CT molecular complexity index is 658. The van der Waals surface area contributed by atoms with Crippen LogP contribution in [-0.4, -0.2) is 28.5 Å². The quantitative estimate of drug-likeness (QED) is 0.868. The zero-order valence-corrected chi connectivity index (χ0v) is 12.7. The lowest BCUT2D eigenvalue weighted by Gasteiger charge is -2.07. The number of benzene rings is 1. The SMILES string of the molecule is O=C(Nc1cnn(COCC(F)(F)F)c1)c1cccc(Br)c1. The third-order valence-corrected chi connectivity index (χ3v) is 2.96. The lowest BCUT2D eigenvalue weighted by Crippen LogP contribution is -2.18. The molecule has 0 bridgehead atoms. The van der Waals surface area contributed by atoms with E-state index in [1.807, 2.05) is 0 Å². The summed E-state index contributed by atoms with van der Waals surface area (Å²) < 4.78 is 42.2. The van der Waals surface area contributed by atoms with Crippen LogP contribution in [0.5, 0.6) is 0 Å². The Hall–Kier alpha value is -1.87. The Morgan fingerprint density at radius 1 is 1.41 bits per heavy atom. The molecule has 9 heteroatoms. The number of nitrogens with zero attached hydrogens (tertiary/aromatic N) is 2. The van der Waals surface area contributed by atoms with E-state index >= 15 is 0 Å². The highest BCUT2D eigenvalue weighted by Crippen LogP contribution is 2.16. The fourth-order valence-electron chi connectivity index (χ4n) is 1.59. The smallest absolute Gasteiger partial charge is 0.350 e. The average molecular weight is 378 g/mol. The van der Waals surface area contributed by atoms with Crippen LogP contribution >= 0.6 is 15.9 Å². The lowest BCUT2D eigenvalue weighted by atomic mass is 10.2. The minimum atomic E-state index is -4.38. The number of hydrogen-bond acceptors (Lipinski definition) is 3. The first kappa shape index (κ1) is 16.5. The Kier molecular flexibility index (Phi) is 5.19. The van der Waals surface area contributed by atoms with Gasteiger partial charge < -0.3 is 10.1 Å². The summed E-state index contributed by atoms with van der Waals surface area (Å²) in [5.74, 6) is -0.350. The summed E-state index contributed by atoms with van der Waals surface area (Å²) >= 11 is 3.26. The van der Waals surface area contributed by atoms with E-state index in [1.54, 1.807) is 24.3 Å². The van der Waals surface area contributed by atoms with Crippen molar-refractivity contribution in [2.24, 2.45) is 0 Å². The van der Waals surface area contributed by atoms with Crippen LogP contribution in [-0.2, 0) is 11.5 Å². The number of ether oxygens (including phenoxy) is 1. The molecule has 1 heterocycles. The van der Waals surface area contributed by atoms with Gasteiger partial charge in [-0.25, -0.2) is 4.68 Å². The highest BCUT2D eigenvalue weighted by molar-refractivity contribution is 9.10. The van der Waals surface area contributed by atoms with Gasteiger partial charge in [-0.2, -0.15) is 18.3 Å². The number of carbonyl (C=O) groups is 1. The van der Waals surface area contributed by atoms with Gasteiger partial charge >= 0.3 is 6.18 Å². The van der Waals surface area contributed by atoms with Crippen molar-refractivity contribution in [1.29, 1.82) is 0 Å². The summed E-state index contributed by atoms with van der Waals surface area (Å²) in [6, 6.07) is 6.78. The summed E-state index contributed by atoms with van der Waals surface area (Å²) in [6.45, 7) is -1.71. The minimum Gasteiger partial charge on any atom is -0.350 e. The van der Waals surface area contributed by atoms with Gasteiger partial charge in [0.15, 0.2) is 0 Å². The number of anilines is 1. The number of aromatic nitrogens is 2.